The maximum Gasteiger partial charge on any atom is 0.331 e. The van der Waals surface area contributed by atoms with Crippen molar-refractivity contribution in [2.45, 2.75) is 25.8 Å². The van der Waals surface area contributed by atoms with Crippen LogP contribution in [0.4, 0.5) is 0 Å². The number of amides is 1. The van der Waals surface area contributed by atoms with Crippen LogP contribution in [-0.2, 0) is 20.7 Å². The van der Waals surface area contributed by atoms with Crippen LogP contribution in [0.3, 0.4) is 0 Å². The zero-order valence-electron chi connectivity index (χ0n) is 16.4. The number of nitrogens with one attached hydrogen (secondary N) is 1. The molecule has 0 aromatic heterocycles. The van der Waals surface area contributed by atoms with Gasteiger partial charge in [-0.2, -0.15) is 0 Å². The predicted molar refractivity (Wildman–Crippen MR) is 110 cm³/mol. The van der Waals surface area contributed by atoms with Crippen molar-refractivity contribution in [2.75, 3.05) is 19.8 Å². The van der Waals surface area contributed by atoms with Crippen molar-refractivity contribution in [3.05, 3.63) is 65.7 Å². The van der Waals surface area contributed by atoms with Crippen molar-refractivity contribution in [2.24, 2.45) is 0 Å². The minimum atomic E-state index is -0.577. The number of esters is 1. The highest BCUT2D eigenvalue weighted by atomic mass is 16.6. The second kappa shape index (κ2) is 10.3. The average Bonchev–Trinajstić information content (AvgIpc) is 2.75. The van der Waals surface area contributed by atoms with E-state index in [0.29, 0.717) is 24.7 Å². The van der Waals surface area contributed by atoms with Crippen LogP contribution in [0.1, 0.15) is 24.5 Å². The molecular formula is C23H25NO5. The standard InChI is InChI=1S/C23H25NO5/c1-17(7-8-18-5-3-2-4-6-18)24-22(25)16-29-23(26)12-10-19-9-11-20-21(15-19)28-14-13-27-20/h2-6,9-12,15,17H,7-8,13-14,16H2,1H3,(H,24,25)/b12-10+/t17-/m0/s1. The van der Waals surface area contributed by atoms with Gasteiger partial charge in [-0.1, -0.05) is 36.4 Å². The second-order valence-corrected chi connectivity index (χ2v) is 6.84. The molecule has 2 aromatic carbocycles. The Balaban J connectivity index is 1.38. The van der Waals surface area contributed by atoms with Crippen LogP contribution >= 0.6 is 0 Å². The number of fused-ring (bicyclic) bond motifs is 1. The van der Waals surface area contributed by atoms with Crippen molar-refractivity contribution >= 4 is 18.0 Å². The molecule has 1 N–H and O–H groups in total. The Morgan fingerprint density at radius 3 is 2.66 bits per heavy atom. The third-order valence-corrected chi connectivity index (χ3v) is 4.44. The summed E-state index contributed by atoms with van der Waals surface area (Å²) in [5, 5.41) is 2.84. The molecule has 0 radical (unpaired) electrons. The molecule has 2 aromatic rings. The van der Waals surface area contributed by atoms with E-state index in [4.69, 9.17) is 14.2 Å². The van der Waals surface area contributed by atoms with Gasteiger partial charge < -0.3 is 19.5 Å². The first-order valence-corrected chi connectivity index (χ1v) is 9.68. The lowest BCUT2D eigenvalue weighted by Gasteiger charge is -2.18. The highest BCUT2D eigenvalue weighted by molar-refractivity contribution is 5.89. The molecule has 1 aliphatic heterocycles. The molecule has 0 unspecified atom stereocenters. The number of carbonyl (C=O) groups excluding carboxylic acids is 2. The Morgan fingerprint density at radius 2 is 1.86 bits per heavy atom. The van der Waals surface area contributed by atoms with E-state index >= 15 is 0 Å². The van der Waals surface area contributed by atoms with Gasteiger partial charge in [0.05, 0.1) is 0 Å². The normalized spacial score (nSPS) is 13.7. The molecule has 0 spiro atoms. The summed E-state index contributed by atoms with van der Waals surface area (Å²) in [6.07, 6.45) is 4.59. The lowest BCUT2D eigenvalue weighted by molar-refractivity contribution is -0.144. The molecule has 1 amide bonds. The SMILES string of the molecule is C[C@@H](CCc1ccccc1)NC(=O)COC(=O)/C=C/c1ccc2c(c1)OCCO2. The molecule has 0 saturated carbocycles. The summed E-state index contributed by atoms with van der Waals surface area (Å²) < 4.78 is 16.0. The van der Waals surface area contributed by atoms with Gasteiger partial charge in [0.1, 0.15) is 13.2 Å². The summed E-state index contributed by atoms with van der Waals surface area (Å²) >= 11 is 0. The predicted octanol–water partition coefficient (Wildman–Crippen LogP) is 3.15. The lowest BCUT2D eigenvalue weighted by Crippen LogP contribution is -2.36. The molecule has 0 bridgehead atoms. The van der Waals surface area contributed by atoms with E-state index in [9.17, 15) is 9.59 Å². The molecule has 3 rings (SSSR count). The second-order valence-electron chi connectivity index (χ2n) is 6.84. The fourth-order valence-corrected chi connectivity index (χ4v) is 2.93. The summed E-state index contributed by atoms with van der Waals surface area (Å²) in [6, 6.07) is 15.5. The molecule has 152 valence electrons. The van der Waals surface area contributed by atoms with Crippen LogP contribution in [0.2, 0.25) is 0 Å². The molecule has 1 heterocycles. The number of ether oxygens (including phenoxy) is 3. The highest BCUT2D eigenvalue weighted by Crippen LogP contribution is 2.31. The van der Waals surface area contributed by atoms with Crippen molar-refractivity contribution in [1.82, 2.24) is 5.32 Å². The quantitative estimate of drug-likeness (QED) is 0.549. The number of hydrogen-bond acceptors (Lipinski definition) is 5. The van der Waals surface area contributed by atoms with Crippen LogP contribution in [0.5, 0.6) is 11.5 Å². The summed E-state index contributed by atoms with van der Waals surface area (Å²) in [5.41, 5.74) is 2.01. The van der Waals surface area contributed by atoms with Gasteiger partial charge in [-0.05, 0) is 49.1 Å². The zero-order chi connectivity index (χ0) is 20.5. The Labute approximate surface area is 170 Å². The smallest absolute Gasteiger partial charge is 0.331 e. The van der Waals surface area contributed by atoms with E-state index < -0.39 is 5.97 Å². The molecule has 1 aliphatic rings. The summed E-state index contributed by atoms with van der Waals surface area (Å²) in [5.74, 6) is 0.447. The van der Waals surface area contributed by atoms with E-state index in [-0.39, 0.29) is 18.6 Å². The molecule has 6 heteroatoms. The van der Waals surface area contributed by atoms with E-state index in [1.54, 1.807) is 18.2 Å². The summed E-state index contributed by atoms with van der Waals surface area (Å²) in [4.78, 5) is 23.8. The van der Waals surface area contributed by atoms with Crippen LogP contribution in [0, 0.1) is 0 Å². The minimum Gasteiger partial charge on any atom is -0.486 e. The maximum absolute atomic E-state index is 12.0. The van der Waals surface area contributed by atoms with E-state index in [0.717, 1.165) is 18.4 Å². The first kappa shape index (κ1) is 20.5. The monoisotopic (exact) mass is 395 g/mol. The topological polar surface area (TPSA) is 73.9 Å². The van der Waals surface area contributed by atoms with Crippen molar-refractivity contribution < 1.29 is 23.8 Å². The van der Waals surface area contributed by atoms with Crippen LogP contribution < -0.4 is 14.8 Å². The van der Waals surface area contributed by atoms with Gasteiger partial charge in [-0.3, -0.25) is 4.79 Å². The van der Waals surface area contributed by atoms with Crippen molar-refractivity contribution in [1.29, 1.82) is 0 Å². The maximum atomic E-state index is 12.0. The minimum absolute atomic E-state index is 0.00494. The third kappa shape index (κ3) is 6.68. The number of rotatable bonds is 8. The largest absolute Gasteiger partial charge is 0.486 e. The van der Waals surface area contributed by atoms with Gasteiger partial charge in [0.15, 0.2) is 18.1 Å². The van der Waals surface area contributed by atoms with Crippen molar-refractivity contribution in [3.63, 3.8) is 0 Å². The van der Waals surface area contributed by atoms with Gasteiger partial charge in [-0.15, -0.1) is 0 Å². The fourth-order valence-electron chi connectivity index (χ4n) is 2.93. The highest BCUT2D eigenvalue weighted by Gasteiger charge is 2.12. The summed E-state index contributed by atoms with van der Waals surface area (Å²) in [6.45, 7) is 2.66. The average molecular weight is 395 g/mol. The van der Waals surface area contributed by atoms with Gasteiger partial charge in [0.2, 0.25) is 0 Å². The van der Waals surface area contributed by atoms with Gasteiger partial charge >= 0.3 is 5.97 Å². The zero-order valence-corrected chi connectivity index (χ0v) is 16.4. The van der Waals surface area contributed by atoms with Crippen LogP contribution in [0.25, 0.3) is 6.08 Å². The van der Waals surface area contributed by atoms with Crippen LogP contribution in [0.15, 0.2) is 54.6 Å². The molecular weight excluding hydrogens is 370 g/mol. The Hall–Kier alpha value is -3.28. The fraction of sp³-hybridized carbons (Fsp3) is 0.304. The first-order chi connectivity index (χ1) is 14.1. The number of hydrogen-bond donors (Lipinski definition) is 1. The molecule has 1 atom stereocenters. The molecule has 29 heavy (non-hydrogen) atoms. The Kier molecular flexibility index (Phi) is 7.28. The third-order valence-electron chi connectivity index (χ3n) is 4.44. The molecule has 0 saturated heterocycles. The Bertz CT molecular complexity index is 863. The van der Waals surface area contributed by atoms with Crippen molar-refractivity contribution in [3.8, 4) is 11.5 Å². The van der Waals surface area contributed by atoms with E-state index in [2.05, 4.69) is 17.4 Å². The van der Waals surface area contributed by atoms with Gasteiger partial charge in [-0.25, -0.2) is 4.79 Å². The molecule has 6 nitrogen and oxygen atoms in total. The molecule has 0 fully saturated rings. The van der Waals surface area contributed by atoms with Crippen LogP contribution in [-0.4, -0.2) is 37.7 Å². The summed E-state index contributed by atoms with van der Waals surface area (Å²) in [7, 11) is 0. The van der Waals surface area contributed by atoms with E-state index in [1.807, 2.05) is 31.2 Å². The van der Waals surface area contributed by atoms with Gasteiger partial charge in [0.25, 0.3) is 5.91 Å². The molecule has 0 aliphatic carbocycles. The first-order valence-electron chi connectivity index (χ1n) is 9.68. The number of aryl methyl sites for hydroxylation is 1. The number of benzene rings is 2. The Morgan fingerprint density at radius 1 is 1.10 bits per heavy atom. The number of carbonyl (C=O) groups is 2. The lowest BCUT2D eigenvalue weighted by atomic mass is 10.1. The van der Waals surface area contributed by atoms with E-state index in [1.165, 1.54) is 11.6 Å². The van der Waals surface area contributed by atoms with Gasteiger partial charge in [0, 0.05) is 12.1 Å².